The van der Waals surface area contributed by atoms with Gasteiger partial charge in [0.05, 0.1) is 6.54 Å². The van der Waals surface area contributed by atoms with Crippen molar-refractivity contribution in [3.05, 3.63) is 10.0 Å². The molecule has 2 aliphatic rings. The van der Waals surface area contributed by atoms with Crippen LogP contribution in [0.5, 0.6) is 0 Å². The number of likely N-dealkylation sites (tertiary alicyclic amines) is 1. The quantitative estimate of drug-likeness (QED) is 0.862. The number of hydrogen-bond donors (Lipinski definition) is 2. The van der Waals surface area contributed by atoms with Gasteiger partial charge >= 0.3 is 6.03 Å². The number of piperidine rings is 1. The average Bonchev–Trinajstić information content (AvgIpc) is 3.21. The maximum Gasteiger partial charge on any atom is 0.315 e. The molecule has 0 radical (unpaired) electrons. The molecular formula is C13H19N5O2S. The van der Waals surface area contributed by atoms with Gasteiger partial charge in [0.15, 0.2) is 0 Å². The third-order valence-corrected chi connectivity index (χ3v) is 4.86. The van der Waals surface area contributed by atoms with Crippen LogP contribution in [0.3, 0.4) is 0 Å². The van der Waals surface area contributed by atoms with Crippen LogP contribution in [-0.4, -0.2) is 46.7 Å². The predicted octanol–water partition coefficient (Wildman–Crippen LogP) is 0.835. The highest BCUT2D eigenvalue weighted by Gasteiger charge is 2.28. The summed E-state index contributed by atoms with van der Waals surface area (Å²) in [6, 6.07) is -0.744. The topological polar surface area (TPSA) is 87.2 Å². The van der Waals surface area contributed by atoms with E-state index < -0.39 is 6.04 Å². The molecule has 0 bridgehead atoms. The van der Waals surface area contributed by atoms with Gasteiger partial charge in [0, 0.05) is 19.5 Å². The summed E-state index contributed by atoms with van der Waals surface area (Å²) in [5, 5.41) is 15.5. The first-order valence-electron chi connectivity index (χ1n) is 7.25. The van der Waals surface area contributed by atoms with Crippen LogP contribution < -0.4 is 10.6 Å². The largest absolute Gasteiger partial charge is 0.344 e. The number of amides is 3. The maximum absolute atomic E-state index is 11.9. The fourth-order valence-corrected chi connectivity index (χ4v) is 3.32. The van der Waals surface area contributed by atoms with E-state index in [1.807, 2.05) is 0 Å². The van der Waals surface area contributed by atoms with Crippen molar-refractivity contribution in [2.75, 3.05) is 13.6 Å². The SMILES string of the molecule is CN1CCCC(NC(=O)NCc2nnc(C3CC3)s2)C1=O. The number of urea groups is 1. The van der Waals surface area contributed by atoms with Crippen molar-refractivity contribution < 1.29 is 9.59 Å². The summed E-state index contributed by atoms with van der Waals surface area (Å²) < 4.78 is 0. The lowest BCUT2D eigenvalue weighted by atomic mass is 10.1. The van der Waals surface area contributed by atoms with E-state index in [1.165, 1.54) is 12.8 Å². The van der Waals surface area contributed by atoms with E-state index in [0.29, 0.717) is 18.9 Å². The molecule has 0 aromatic carbocycles. The van der Waals surface area contributed by atoms with Gasteiger partial charge in [-0.15, -0.1) is 10.2 Å². The summed E-state index contributed by atoms with van der Waals surface area (Å²) in [7, 11) is 1.76. The van der Waals surface area contributed by atoms with E-state index >= 15 is 0 Å². The number of likely N-dealkylation sites (N-methyl/N-ethyl adjacent to an activating group) is 1. The minimum absolute atomic E-state index is 0.0247. The fraction of sp³-hybridized carbons (Fsp3) is 0.692. The third kappa shape index (κ3) is 3.49. The molecule has 1 aromatic rings. The summed E-state index contributed by atoms with van der Waals surface area (Å²) in [6.07, 6.45) is 4.00. The number of rotatable bonds is 4. The zero-order valence-corrected chi connectivity index (χ0v) is 12.8. The zero-order valence-electron chi connectivity index (χ0n) is 12.0. The van der Waals surface area contributed by atoms with Crippen LogP contribution in [0.4, 0.5) is 4.79 Å². The van der Waals surface area contributed by atoms with Crippen LogP contribution in [0.25, 0.3) is 0 Å². The highest BCUT2D eigenvalue weighted by molar-refractivity contribution is 7.11. The normalized spacial score (nSPS) is 22.2. The molecule has 114 valence electrons. The number of hydrogen-bond acceptors (Lipinski definition) is 5. The molecule has 1 aliphatic carbocycles. The Labute approximate surface area is 127 Å². The van der Waals surface area contributed by atoms with E-state index in [-0.39, 0.29) is 11.9 Å². The van der Waals surface area contributed by atoms with Gasteiger partial charge in [-0.1, -0.05) is 11.3 Å². The van der Waals surface area contributed by atoms with Crippen LogP contribution in [-0.2, 0) is 11.3 Å². The van der Waals surface area contributed by atoms with Crippen molar-refractivity contribution in [2.45, 2.75) is 44.2 Å². The first-order chi connectivity index (χ1) is 10.1. The van der Waals surface area contributed by atoms with Gasteiger partial charge in [-0.25, -0.2) is 4.79 Å². The van der Waals surface area contributed by atoms with Crippen LogP contribution in [0.1, 0.15) is 41.6 Å². The number of aromatic nitrogens is 2. The van der Waals surface area contributed by atoms with E-state index in [0.717, 1.165) is 23.0 Å². The van der Waals surface area contributed by atoms with Gasteiger partial charge in [-0.3, -0.25) is 4.79 Å². The van der Waals surface area contributed by atoms with E-state index in [4.69, 9.17) is 0 Å². The Kier molecular flexibility index (Phi) is 4.05. The standard InChI is InChI=1S/C13H19N5O2S/c1-18-6-2-3-9(12(18)19)15-13(20)14-7-10-16-17-11(21-10)8-4-5-8/h8-9H,2-7H2,1H3,(H2,14,15,20). The molecule has 1 aliphatic heterocycles. The van der Waals surface area contributed by atoms with Crippen LogP contribution in [0.15, 0.2) is 0 Å². The molecule has 1 atom stereocenters. The second kappa shape index (κ2) is 5.97. The number of nitrogens with zero attached hydrogens (tertiary/aromatic N) is 3. The molecular weight excluding hydrogens is 290 g/mol. The van der Waals surface area contributed by atoms with E-state index in [9.17, 15) is 9.59 Å². The second-order valence-corrected chi connectivity index (χ2v) is 6.68. The molecule has 1 unspecified atom stereocenters. The molecule has 3 amide bonds. The van der Waals surface area contributed by atoms with Crippen molar-refractivity contribution in [2.24, 2.45) is 0 Å². The van der Waals surface area contributed by atoms with E-state index in [1.54, 1.807) is 23.3 Å². The minimum atomic E-state index is -0.416. The average molecular weight is 309 g/mol. The van der Waals surface area contributed by atoms with Gasteiger partial charge in [0.1, 0.15) is 16.1 Å². The summed E-state index contributed by atoms with van der Waals surface area (Å²) in [5.74, 6) is 0.559. The van der Waals surface area contributed by atoms with Crippen molar-refractivity contribution in [3.63, 3.8) is 0 Å². The summed E-state index contributed by atoms with van der Waals surface area (Å²) in [4.78, 5) is 25.4. The van der Waals surface area contributed by atoms with Crippen LogP contribution >= 0.6 is 11.3 Å². The summed E-state index contributed by atoms with van der Waals surface area (Å²) >= 11 is 1.55. The first kappa shape index (κ1) is 14.2. The fourth-order valence-electron chi connectivity index (χ4n) is 2.36. The van der Waals surface area contributed by atoms with E-state index in [2.05, 4.69) is 20.8 Å². The Bertz CT molecular complexity index is 542. The maximum atomic E-state index is 11.9. The molecule has 2 N–H and O–H groups in total. The second-order valence-electron chi connectivity index (χ2n) is 5.59. The zero-order chi connectivity index (χ0) is 14.8. The Balaban J connectivity index is 1.46. The van der Waals surface area contributed by atoms with Crippen LogP contribution in [0.2, 0.25) is 0 Å². The lowest BCUT2D eigenvalue weighted by Crippen LogP contribution is -2.53. The van der Waals surface area contributed by atoms with Gasteiger partial charge in [-0.05, 0) is 25.7 Å². The monoisotopic (exact) mass is 309 g/mol. The summed E-state index contributed by atoms with van der Waals surface area (Å²) in [6.45, 7) is 1.11. The lowest BCUT2D eigenvalue weighted by Gasteiger charge is -2.29. The van der Waals surface area contributed by atoms with Gasteiger partial charge < -0.3 is 15.5 Å². The smallest absolute Gasteiger partial charge is 0.315 e. The Morgan fingerprint density at radius 2 is 2.19 bits per heavy atom. The molecule has 2 heterocycles. The van der Waals surface area contributed by atoms with Gasteiger partial charge in [0.2, 0.25) is 5.91 Å². The molecule has 1 saturated heterocycles. The summed E-state index contributed by atoms with van der Waals surface area (Å²) in [5.41, 5.74) is 0. The number of carbonyl (C=O) groups excluding carboxylic acids is 2. The van der Waals surface area contributed by atoms with Crippen LogP contribution in [0, 0.1) is 0 Å². The third-order valence-electron chi connectivity index (χ3n) is 3.78. The lowest BCUT2D eigenvalue weighted by molar-refractivity contribution is -0.134. The van der Waals surface area contributed by atoms with Gasteiger partial charge in [-0.2, -0.15) is 0 Å². The van der Waals surface area contributed by atoms with Crippen molar-refractivity contribution >= 4 is 23.3 Å². The van der Waals surface area contributed by atoms with Crippen molar-refractivity contribution in [3.8, 4) is 0 Å². The molecule has 3 rings (SSSR count). The highest BCUT2D eigenvalue weighted by atomic mass is 32.1. The number of carbonyl (C=O) groups is 2. The Hall–Kier alpha value is -1.70. The highest BCUT2D eigenvalue weighted by Crippen LogP contribution is 2.41. The Morgan fingerprint density at radius 3 is 2.95 bits per heavy atom. The molecule has 1 aromatic heterocycles. The molecule has 8 heteroatoms. The van der Waals surface area contributed by atoms with Gasteiger partial charge in [0.25, 0.3) is 0 Å². The number of nitrogens with one attached hydrogen (secondary N) is 2. The Morgan fingerprint density at radius 1 is 1.38 bits per heavy atom. The van der Waals surface area contributed by atoms with Crippen molar-refractivity contribution in [1.29, 1.82) is 0 Å². The molecule has 7 nitrogen and oxygen atoms in total. The minimum Gasteiger partial charge on any atom is -0.344 e. The van der Waals surface area contributed by atoms with Crippen molar-refractivity contribution in [1.82, 2.24) is 25.7 Å². The molecule has 1 saturated carbocycles. The molecule has 21 heavy (non-hydrogen) atoms. The first-order valence-corrected chi connectivity index (χ1v) is 8.07. The predicted molar refractivity (Wildman–Crippen MR) is 77.9 cm³/mol. The molecule has 2 fully saturated rings. The molecule has 0 spiro atoms.